The Balaban J connectivity index is 1.44. The number of anilines is 1. The van der Waals surface area contributed by atoms with Crippen molar-refractivity contribution in [1.29, 1.82) is 0 Å². The molecule has 4 atom stereocenters. The van der Waals surface area contributed by atoms with Crippen LogP contribution < -0.4 is 5.32 Å². The van der Waals surface area contributed by atoms with Crippen LogP contribution >= 0.6 is 7.60 Å². The van der Waals surface area contributed by atoms with Gasteiger partial charge in [-0.3, -0.25) is 4.57 Å². The molecule has 2 saturated carbocycles. The summed E-state index contributed by atoms with van der Waals surface area (Å²) in [6.45, 7) is -0.308. The third-order valence-corrected chi connectivity index (χ3v) is 7.07. The van der Waals surface area contributed by atoms with E-state index in [-0.39, 0.29) is 18.5 Å². The summed E-state index contributed by atoms with van der Waals surface area (Å²) in [7, 11) is -4.37. The van der Waals surface area contributed by atoms with Crippen LogP contribution in [0.1, 0.15) is 50.6 Å². The summed E-state index contributed by atoms with van der Waals surface area (Å²) >= 11 is 0. The van der Waals surface area contributed by atoms with Gasteiger partial charge in [0.1, 0.15) is 41.7 Å². The Morgan fingerprint density at radius 3 is 2.66 bits per heavy atom. The fourth-order valence-electron chi connectivity index (χ4n) is 4.47. The standard InChI is InChI=1S/C22H29N4O8P/c27-17-15(11-33-12-35(30,31)32)34-21(18(17)28)26-10-6-14-19(23-13-3-1-2-4-13)24-16(25-20(14)26)5-7-22(29)8-9-22/h6,10,13,15,17-18,21,27-29H,1-4,8-9,11-12H2,(H,23,24,25)(H2,30,31,32)/t15-,17-,18-,21-/m1/s1. The second-order valence-corrected chi connectivity index (χ2v) is 11.1. The monoisotopic (exact) mass is 508 g/mol. The molecule has 3 heterocycles. The lowest BCUT2D eigenvalue weighted by atomic mass is 10.1. The smallest absolute Gasteiger partial charge is 0.350 e. The Morgan fingerprint density at radius 2 is 1.97 bits per heavy atom. The maximum Gasteiger partial charge on any atom is 0.350 e. The Kier molecular flexibility index (Phi) is 6.63. The van der Waals surface area contributed by atoms with Gasteiger partial charge in [0.2, 0.25) is 5.82 Å². The van der Waals surface area contributed by atoms with Gasteiger partial charge in [0.15, 0.2) is 6.23 Å². The second kappa shape index (κ2) is 9.42. The highest BCUT2D eigenvalue weighted by atomic mass is 31.2. The first-order valence-electron chi connectivity index (χ1n) is 11.7. The Bertz CT molecular complexity index is 1190. The molecule has 0 spiro atoms. The van der Waals surface area contributed by atoms with Crippen LogP contribution in [-0.4, -0.2) is 82.6 Å². The van der Waals surface area contributed by atoms with E-state index in [1.54, 1.807) is 16.8 Å². The zero-order chi connectivity index (χ0) is 24.8. The molecule has 2 aromatic heterocycles. The second-order valence-electron chi connectivity index (χ2n) is 9.47. The molecule has 12 nitrogen and oxygen atoms in total. The highest BCUT2D eigenvalue weighted by molar-refractivity contribution is 7.51. The lowest BCUT2D eigenvalue weighted by Gasteiger charge is -2.18. The summed E-state index contributed by atoms with van der Waals surface area (Å²) < 4.78 is 23.4. The number of ether oxygens (including phenoxy) is 2. The molecule has 1 saturated heterocycles. The zero-order valence-corrected chi connectivity index (χ0v) is 19.8. The summed E-state index contributed by atoms with van der Waals surface area (Å²) in [5, 5.41) is 35.4. The van der Waals surface area contributed by atoms with Crippen molar-refractivity contribution in [2.45, 2.75) is 74.7 Å². The van der Waals surface area contributed by atoms with Crippen molar-refractivity contribution < 1.29 is 39.1 Å². The molecule has 190 valence electrons. The molecular formula is C22H29N4O8P. The van der Waals surface area contributed by atoms with Gasteiger partial charge in [-0.15, -0.1) is 0 Å². The van der Waals surface area contributed by atoms with Crippen molar-refractivity contribution in [1.82, 2.24) is 14.5 Å². The predicted molar refractivity (Wildman–Crippen MR) is 123 cm³/mol. The van der Waals surface area contributed by atoms with Crippen molar-refractivity contribution >= 4 is 24.4 Å². The van der Waals surface area contributed by atoms with E-state index in [0.717, 1.165) is 25.7 Å². The lowest BCUT2D eigenvalue weighted by Crippen LogP contribution is -2.33. The first-order valence-corrected chi connectivity index (χ1v) is 13.5. The van der Waals surface area contributed by atoms with Crippen molar-refractivity contribution in [3.8, 4) is 11.8 Å². The van der Waals surface area contributed by atoms with E-state index < -0.39 is 44.1 Å². The van der Waals surface area contributed by atoms with Crippen LogP contribution in [0.15, 0.2) is 12.3 Å². The molecule has 5 rings (SSSR count). The fourth-order valence-corrected chi connectivity index (χ4v) is 4.81. The summed E-state index contributed by atoms with van der Waals surface area (Å²) in [5.41, 5.74) is -0.560. The number of hydrogen-bond donors (Lipinski definition) is 6. The van der Waals surface area contributed by atoms with E-state index in [1.165, 1.54) is 0 Å². The fraction of sp³-hybridized carbons (Fsp3) is 0.636. The molecule has 6 N–H and O–H groups in total. The quantitative estimate of drug-likeness (QED) is 0.226. The number of aliphatic hydroxyl groups excluding tert-OH is 2. The topological polar surface area (TPSA) is 179 Å². The van der Waals surface area contributed by atoms with Crippen LogP contribution in [-0.2, 0) is 14.0 Å². The van der Waals surface area contributed by atoms with E-state index in [0.29, 0.717) is 29.7 Å². The van der Waals surface area contributed by atoms with E-state index >= 15 is 0 Å². The third-order valence-electron chi connectivity index (χ3n) is 6.55. The molecule has 3 aliphatic rings. The number of rotatable bonds is 7. The first-order chi connectivity index (χ1) is 16.6. The number of aliphatic hydroxyl groups is 3. The van der Waals surface area contributed by atoms with Crippen LogP contribution in [0.3, 0.4) is 0 Å². The first kappa shape index (κ1) is 24.6. The third kappa shape index (κ3) is 5.53. The summed E-state index contributed by atoms with van der Waals surface area (Å²) in [4.78, 5) is 27.1. The molecule has 13 heteroatoms. The minimum Gasteiger partial charge on any atom is -0.387 e. The molecular weight excluding hydrogens is 479 g/mol. The lowest BCUT2D eigenvalue weighted by molar-refractivity contribution is -0.0610. The Hall–Kier alpha value is -2.07. The number of aromatic nitrogens is 3. The molecule has 35 heavy (non-hydrogen) atoms. The summed E-state index contributed by atoms with van der Waals surface area (Å²) in [6.07, 6.45) is 1.71. The largest absolute Gasteiger partial charge is 0.387 e. The maximum absolute atomic E-state index is 11.0. The minimum atomic E-state index is -4.37. The van der Waals surface area contributed by atoms with Gasteiger partial charge >= 0.3 is 7.60 Å². The predicted octanol–water partition coefficient (Wildman–Crippen LogP) is 0.433. The minimum absolute atomic E-state index is 0.216. The van der Waals surface area contributed by atoms with E-state index in [2.05, 4.69) is 27.1 Å². The molecule has 2 aromatic rings. The van der Waals surface area contributed by atoms with E-state index in [4.69, 9.17) is 19.3 Å². The summed E-state index contributed by atoms with van der Waals surface area (Å²) in [5.74, 6) is 6.49. The molecule has 2 aliphatic carbocycles. The van der Waals surface area contributed by atoms with Gasteiger partial charge < -0.3 is 44.5 Å². The molecule has 0 aromatic carbocycles. The van der Waals surface area contributed by atoms with Gasteiger partial charge in [0.25, 0.3) is 0 Å². The molecule has 0 unspecified atom stereocenters. The van der Waals surface area contributed by atoms with Crippen LogP contribution in [0.2, 0.25) is 0 Å². The highest BCUT2D eigenvalue weighted by Crippen LogP contribution is 2.37. The van der Waals surface area contributed by atoms with Crippen molar-refractivity contribution in [2.24, 2.45) is 0 Å². The number of hydrogen-bond acceptors (Lipinski definition) is 9. The average molecular weight is 508 g/mol. The SMILES string of the molecule is O=P(O)(O)COC[C@H]1O[C@@H](n2ccc3c(NC4CCCC4)nc(C#CC4(O)CC4)nc32)[C@H](O)[C@@H]1O. The van der Waals surface area contributed by atoms with Gasteiger partial charge in [-0.1, -0.05) is 18.8 Å². The van der Waals surface area contributed by atoms with Crippen molar-refractivity contribution in [3.63, 3.8) is 0 Å². The molecule has 0 radical (unpaired) electrons. The van der Waals surface area contributed by atoms with Gasteiger partial charge in [-0.05, 0) is 37.7 Å². The van der Waals surface area contributed by atoms with Gasteiger partial charge in [0.05, 0.1) is 12.0 Å². The van der Waals surface area contributed by atoms with Gasteiger partial charge in [-0.2, -0.15) is 0 Å². The molecule has 3 fully saturated rings. The van der Waals surface area contributed by atoms with Crippen molar-refractivity contribution in [2.75, 3.05) is 18.3 Å². The Labute approximate surface area is 201 Å². The number of nitrogens with zero attached hydrogens (tertiary/aromatic N) is 3. The highest BCUT2D eigenvalue weighted by Gasteiger charge is 2.44. The normalized spacial score (nSPS) is 28.3. The van der Waals surface area contributed by atoms with Crippen LogP contribution in [0.4, 0.5) is 5.82 Å². The summed E-state index contributed by atoms with van der Waals surface area (Å²) in [6, 6.07) is 2.06. The molecule has 0 amide bonds. The Morgan fingerprint density at radius 1 is 1.23 bits per heavy atom. The number of fused-ring (bicyclic) bond motifs is 1. The van der Waals surface area contributed by atoms with Gasteiger partial charge in [0, 0.05) is 12.2 Å². The van der Waals surface area contributed by atoms with Gasteiger partial charge in [-0.25, -0.2) is 9.97 Å². The van der Waals surface area contributed by atoms with Crippen LogP contribution in [0, 0.1) is 11.8 Å². The maximum atomic E-state index is 11.0. The van der Waals surface area contributed by atoms with Crippen molar-refractivity contribution in [3.05, 3.63) is 18.1 Å². The molecule has 0 bridgehead atoms. The van der Waals surface area contributed by atoms with Crippen LogP contribution in [0.25, 0.3) is 11.0 Å². The molecule has 1 aliphatic heterocycles. The number of nitrogens with one attached hydrogen (secondary N) is 1. The van der Waals surface area contributed by atoms with E-state index in [1.807, 2.05) is 0 Å². The average Bonchev–Trinajstić information content (AvgIpc) is 3.13. The zero-order valence-electron chi connectivity index (χ0n) is 18.9. The van der Waals surface area contributed by atoms with E-state index in [9.17, 15) is 19.9 Å². The van der Waals surface area contributed by atoms with Crippen LogP contribution in [0.5, 0.6) is 0 Å².